The molecule has 0 fully saturated rings. The predicted octanol–water partition coefficient (Wildman–Crippen LogP) is 4.43. The molecule has 3 aromatic rings. The largest absolute Gasteiger partial charge is 0.497 e. The zero-order chi connectivity index (χ0) is 19.8. The molecule has 3 N–H and O–H groups in total. The molecule has 0 aliphatic rings. The Morgan fingerprint density at radius 1 is 0.893 bits per heavy atom. The van der Waals surface area contributed by atoms with Gasteiger partial charge in [-0.05, 0) is 54.2 Å². The minimum absolute atomic E-state index is 0.179. The van der Waals surface area contributed by atoms with Gasteiger partial charge in [0.05, 0.1) is 18.4 Å². The molecule has 0 radical (unpaired) electrons. The highest BCUT2D eigenvalue weighted by atomic mass is 32.1. The summed E-state index contributed by atoms with van der Waals surface area (Å²) in [5, 5.41) is 9.55. The maximum Gasteiger partial charge on any atom is 0.253 e. The fraction of sp³-hybridized carbons (Fsp3) is 0.0909. The number of amides is 1. The van der Waals surface area contributed by atoms with Gasteiger partial charge in [0.2, 0.25) is 0 Å². The first-order valence-electron chi connectivity index (χ1n) is 8.79. The van der Waals surface area contributed by atoms with Crippen molar-refractivity contribution >= 4 is 34.6 Å². The van der Waals surface area contributed by atoms with Crippen LogP contribution in [0.3, 0.4) is 0 Å². The van der Waals surface area contributed by atoms with Crippen LogP contribution in [0.1, 0.15) is 15.9 Å². The van der Waals surface area contributed by atoms with Crippen LogP contribution in [0.5, 0.6) is 5.75 Å². The van der Waals surface area contributed by atoms with Crippen molar-refractivity contribution < 1.29 is 9.53 Å². The predicted molar refractivity (Wildman–Crippen MR) is 117 cm³/mol. The van der Waals surface area contributed by atoms with Crippen LogP contribution < -0.4 is 20.7 Å². The summed E-state index contributed by atoms with van der Waals surface area (Å²) in [5.74, 6) is 0.602. The summed E-state index contributed by atoms with van der Waals surface area (Å²) < 4.78 is 5.15. The SMILES string of the molecule is COc1ccc(CNC(=O)c2ccccc2NC(=S)Nc2ccccc2)cc1. The molecular weight excluding hydrogens is 370 g/mol. The van der Waals surface area contributed by atoms with Crippen LogP contribution >= 0.6 is 12.2 Å². The van der Waals surface area contributed by atoms with E-state index in [0.29, 0.717) is 22.9 Å². The molecule has 0 atom stereocenters. The van der Waals surface area contributed by atoms with E-state index in [0.717, 1.165) is 17.0 Å². The quantitative estimate of drug-likeness (QED) is 0.543. The second-order valence-corrected chi connectivity index (χ2v) is 6.43. The Kier molecular flexibility index (Phi) is 6.59. The Morgan fingerprint density at radius 2 is 1.57 bits per heavy atom. The second kappa shape index (κ2) is 9.53. The van der Waals surface area contributed by atoms with E-state index in [4.69, 9.17) is 17.0 Å². The number of carbonyl (C=O) groups is 1. The van der Waals surface area contributed by atoms with E-state index in [1.807, 2.05) is 72.8 Å². The van der Waals surface area contributed by atoms with E-state index in [-0.39, 0.29) is 5.91 Å². The lowest BCUT2D eigenvalue weighted by atomic mass is 10.1. The van der Waals surface area contributed by atoms with E-state index < -0.39 is 0 Å². The van der Waals surface area contributed by atoms with Gasteiger partial charge in [-0.2, -0.15) is 0 Å². The fourth-order valence-electron chi connectivity index (χ4n) is 2.62. The topological polar surface area (TPSA) is 62.4 Å². The van der Waals surface area contributed by atoms with Gasteiger partial charge >= 0.3 is 0 Å². The first kappa shape index (κ1) is 19.4. The average molecular weight is 391 g/mol. The molecule has 0 aromatic heterocycles. The summed E-state index contributed by atoms with van der Waals surface area (Å²) in [5.41, 5.74) is 3.03. The summed E-state index contributed by atoms with van der Waals surface area (Å²) >= 11 is 5.36. The number of ether oxygens (including phenoxy) is 1. The highest BCUT2D eigenvalue weighted by Gasteiger charge is 2.12. The van der Waals surface area contributed by atoms with Gasteiger partial charge in [0, 0.05) is 12.2 Å². The van der Waals surface area contributed by atoms with Crippen LogP contribution in [0.25, 0.3) is 0 Å². The van der Waals surface area contributed by atoms with Crippen molar-refractivity contribution in [2.45, 2.75) is 6.54 Å². The van der Waals surface area contributed by atoms with Gasteiger partial charge in [-0.3, -0.25) is 4.79 Å². The Hall–Kier alpha value is -3.38. The van der Waals surface area contributed by atoms with Crippen LogP contribution in [0, 0.1) is 0 Å². The minimum atomic E-state index is -0.179. The maximum absolute atomic E-state index is 12.7. The lowest BCUT2D eigenvalue weighted by Crippen LogP contribution is -2.26. The second-order valence-electron chi connectivity index (χ2n) is 6.02. The molecule has 0 saturated carbocycles. The van der Waals surface area contributed by atoms with E-state index in [1.54, 1.807) is 13.2 Å². The summed E-state index contributed by atoms with van der Waals surface area (Å²) in [4.78, 5) is 12.7. The van der Waals surface area contributed by atoms with Gasteiger partial charge in [-0.25, -0.2) is 0 Å². The molecule has 3 aromatic carbocycles. The third-order valence-corrected chi connectivity index (χ3v) is 4.27. The van der Waals surface area contributed by atoms with Gasteiger partial charge in [-0.15, -0.1) is 0 Å². The number of para-hydroxylation sites is 2. The molecular formula is C22H21N3O2S. The smallest absolute Gasteiger partial charge is 0.253 e. The van der Waals surface area contributed by atoms with E-state index in [1.165, 1.54) is 0 Å². The van der Waals surface area contributed by atoms with Crippen LogP contribution in [-0.2, 0) is 6.54 Å². The third-order valence-electron chi connectivity index (χ3n) is 4.06. The van der Waals surface area contributed by atoms with Gasteiger partial charge in [0.1, 0.15) is 5.75 Å². The maximum atomic E-state index is 12.7. The molecule has 0 spiro atoms. The van der Waals surface area contributed by atoms with Gasteiger partial charge < -0.3 is 20.7 Å². The molecule has 0 bridgehead atoms. The molecule has 3 rings (SSSR count). The van der Waals surface area contributed by atoms with Crippen molar-refractivity contribution in [1.82, 2.24) is 5.32 Å². The van der Waals surface area contributed by atoms with Gasteiger partial charge in [-0.1, -0.05) is 42.5 Å². The zero-order valence-electron chi connectivity index (χ0n) is 15.4. The van der Waals surface area contributed by atoms with Crippen molar-refractivity contribution in [3.8, 4) is 5.75 Å². The molecule has 0 heterocycles. The molecule has 0 aliphatic heterocycles. The lowest BCUT2D eigenvalue weighted by molar-refractivity contribution is 0.0952. The molecule has 0 saturated heterocycles. The van der Waals surface area contributed by atoms with Crippen LogP contribution in [0.4, 0.5) is 11.4 Å². The van der Waals surface area contributed by atoms with Gasteiger partial charge in [0.15, 0.2) is 5.11 Å². The number of rotatable bonds is 6. The van der Waals surface area contributed by atoms with Crippen LogP contribution in [-0.4, -0.2) is 18.1 Å². The van der Waals surface area contributed by atoms with E-state index in [2.05, 4.69) is 16.0 Å². The molecule has 1 amide bonds. The van der Waals surface area contributed by atoms with Crippen molar-refractivity contribution in [2.75, 3.05) is 17.7 Å². The van der Waals surface area contributed by atoms with E-state index >= 15 is 0 Å². The fourth-order valence-corrected chi connectivity index (χ4v) is 2.85. The van der Waals surface area contributed by atoms with Crippen molar-refractivity contribution in [2.24, 2.45) is 0 Å². The van der Waals surface area contributed by atoms with Crippen LogP contribution in [0.15, 0.2) is 78.9 Å². The summed E-state index contributed by atoms with van der Waals surface area (Å²) in [6.07, 6.45) is 0. The van der Waals surface area contributed by atoms with Crippen LogP contribution in [0.2, 0.25) is 0 Å². The molecule has 28 heavy (non-hydrogen) atoms. The highest BCUT2D eigenvalue weighted by molar-refractivity contribution is 7.80. The highest BCUT2D eigenvalue weighted by Crippen LogP contribution is 2.17. The summed E-state index contributed by atoms with van der Waals surface area (Å²) in [6, 6.07) is 24.4. The number of carbonyl (C=O) groups excluding carboxylic acids is 1. The number of hydrogen-bond acceptors (Lipinski definition) is 3. The Bertz CT molecular complexity index is 944. The monoisotopic (exact) mass is 391 g/mol. The molecule has 5 nitrogen and oxygen atoms in total. The van der Waals surface area contributed by atoms with Crippen molar-refractivity contribution in [3.05, 3.63) is 90.0 Å². The molecule has 6 heteroatoms. The zero-order valence-corrected chi connectivity index (χ0v) is 16.3. The third kappa shape index (κ3) is 5.31. The Morgan fingerprint density at radius 3 is 2.29 bits per heavy atom. The normalized spacial score (nSPS) is 10.0. The van der Waals surface area contributed by atoms with Gasteiger partial charge in [0.25, 0.3) is 5.91 Å². The lowest BCUT2D eigenvalue weighted by Gasteiger charge is -2.14. The molecule has 142 valence electrons. The number of nitrogens with one attached hydrogen (secondary N) is 3. The summed E-state index contributed by atoms with van der Waals surface area (Å²) in [6.45, 7) is 0.421. The number of methoxy groups -OCH3 is 1. The molecule has 0 unspecified atom stereocenters. The first-order valence-corrected chi connectivity index (χ1v) is 9.20. The first-order chi connectivity index (χ1) is 13.7. The number of benzene rings is 3. The minimum Gasteiger partial charge on any atom is -0.497 e. The standard InChI is InChI=1S/C22H21N3O2S/c1-27-18-13-11-16(12-14-18)15-23-21(26)19-9-5-6-10-20(19)25-22(28)24-17-7-3-2-4-8-17/h2-14H,15H2,1H3,(H,23,26)(H2,24,25,28). The molecule has 0 aliphatic carbocycles. The van der Waals surface area contributed by atoms with Crippen molar-refractivity contribution in [1.29, 1.82) is 0 Å². The van der Waals surface area contributed by atoms with Crippen molar-refractivity contribution in [3.63, 3.8) is 0 Å². The average Bonchev–Trinajstić information content (AvgIpc) is 2.73. The summed E-state index contributed by atoms with van der Waals surface area (Å²) in [7, 11) is 1.62. The Balaban J connectivity index is 1.63. The number of thiocarbonyl (C=S) groups is 1. The number of anilines is 2. The Labute approximate surface area is 169 Å². The number of hydrogen-bond donors (Lipinski definition) is 3. The van der Waals surface area contributed by atoms with E-state index in [9.17, 15) is 4.79 Å².